The fraction of sp³-hybridized carbons (Fsp3) is 0.143. The highest BCUT2D eigenvalue weighted by Gasteiger charge is 2.05. The normalized spacial score (nSPS) is 10.1. The maximum Gasteiger partial charge on any atom is 0.312 e. The smallest absolute Gasteiger partial charge is 0.312 e. The molecule has 0 aliphatic heterocycles. The average molecular weight is 262 g/mol. The van der Waals surface area contributed by atoms with Gasteiger partial charge in [-0.3, -0.25) is 9.78 Å². The van der Waals surface area contributed by atoms with Gasteiger partial charge in [-0.05, 0) is 29.8 Å². The largest absolute Gasteiger partial charge is 0.461 e. The number of carbonyl (C=O) groups excluding carboxylic acids is 1. The lowest BCUT2D eigenvalue weighted by Crippen LogP contribution is -2.08. The van der Waals surface area contributed by atoms with E-state index in [-0.39, 0.29) is 19.0 Å². The van der Waals surface area contributed by atoms with Crippen LogP contribution in [-0.4, -0.2) is 11.0 Å². The summed E-state index contributed by atoms with van der Waals surface area (Å²) in [6, 6.07) is 12.7. The molecule has 1 aromatic heterocycles. The zero-order chi connectivity index (χ0) is 12.8. The van der Waals surface area contributed by atoms with E-state index in [1.807, 2.05) is 18.2 Å². The number of esters is 1. The summed E-state index contributed by atoms with van der Waals surface area (Å²) in [7, 11) is 0. The molecule has 3 nitrogen and oxygen atoms in total. The van der Waals surface area contributed by atoms with Crippen molar-refractivity contribution in [1.29, 1.82) is 0 Å². The van der Waals surface area contributed by atoms with E-state index in [1.165, 1.54) is 0 Å². The lowest BCUT2D eigenvalue weighted by atomic mass is 10.2. The van der Waals surface area contributed by atoms with Crippen molar-refractivity contribution in [3.05, 3.63) is 64.9 Å². The van der Waals surface area contributed by atoms with Crippen molar-refractivity contribution in [3.8, 4) is 0 Å². The van der Waals surface area contributed by atoms with Crippen LogP contribution in [0.3, 0.4) is 0 Å². The van der Waals surface area contributed by atoms with E-state index < -0.39 is 0 Å². The number of hydrogen-bond acceptors (Lipinski definition) is 3. The molecule has 2 rings (SSSR count). The van der Waals surface area contributed by atoms with Crippen molar-refractivity contribution in [2.24, 2.45) is 0 Å². The second-order valence-electron chi connectivity index (χ2n) is 3.79. The topological polar surface area (TPSA) is 39.2 Å². The van der Waals surface area contributed by atoms with Gasteiger partial charge in [-0.25, -0.2) is 0 Å². The Morgan fingerprint density at radius 2 is 2.11 bits per heavy atom. The number of ether oxygens (including phenoxy) is 1. The minimum atomic E-state index is -0.298. The van der Waals surface area contributed by atoms with E-state index >= 15 is 0 Å². The van der Waals surface area contributed by atoms with Crippen LogP contribution in [0.2, 0.25) is 5.02 Å². The molecule has 18 heavy (non-hydrogen) atoms. The maximum atomic E-state index is 11.6. The summed E-state index contributed by atoms with van der Waals surface area (Å²) in [6.45, 7) is 0.228. The van der Waals surface area contributed by atoms with E-state index in [0.717, 1.165) is 5.56 Å². The van der Waals surface area contributed by atoms with Gasteiger partial charge in [-0.2, -0.15) is 0 Å². The standard InChI is InChI=1S/C14H12ClNO2/c15-12-5-3-4-11(8-12)10-18-14(17)9-13-6-1-2-7-16-13/h1-8H,9-10H2. The molecule has 0 amide bonds. The Balaban J connectivity index is 1.85. The highest BCUT2D eigenvalue weighted by molar-refractivity contribution is 6.30. The molecule has 2 aromatic rings. The summed E-state index contributed by atoms with van der Waals surface area (Å²) in [5, 5.41) is 0.633. The molecule has 0 fully saturated rings. The molecule has 0 N–H and O–H groups in total. The predicted octanol–water partition coefficient (Wildman–Crippen LogP) is 3.02. The van der Waals surface area contributed by atoms with Crippen LogP contribution in [0.5, 0.6) is 0 Å². The minimum absolute atomic E-state index is 0.182. The van der Waals surface area contributed by atoms with Gasteiger partial charge < -0.3 is 4.74 Å². The van der Waals surface area contributed by atoms with Crippen LogP contribution in [0, 0.1) is 0 Å². The molecule has 0 saturated carbocycles. The summed E-state index contributed by atoms with van der Waals surface area (Å²) in [5.74, 6) is -0.298. The van der Waals surface area contributed by atoms with Crippen molar-refractivity contribution in [3.63, 3.8) is 0 Å². The first kappa shape index (κ1) is 12.6. The third-order valence-electron chi connectivity index (χ3n) is 2.34. The Bertz CT molecular complexity index is 528. The summed E-state index contributed by atoms with van der Waals surface area (Å²) < 4.78 is 5.15. The molecule has 0 aliphatic carbocycles. The van der Waals surface area contributed by atoms with Crippen LogP contribution >= 0.6 is 11.6 Å². The monoisotopic (exact) mass is 261 g/mol. The number of benzene rings is 1. The van der Waals surface area contributed by atoms with Gasteiger partial charge >= 0.3 is 5.97 Å². The molecule has 0 spiro atoms. The maximum absolute atomic E-state index is 11.6. The minimum Gasteiger partial charge on any atom is -0.461 e. The number of rotatable bonds is 4. The number of nitrogens with zero attached hydrogens (tertiary/aromatic N) is 1. The third-order valence-corrected chi connectivity index (χ3v) is 2.58. The molecule has 0 aliphatic rings. The second kappa shape index (κ2) is 6.17. The summed E-state index contributed by atoms with van der Waals surface area (Å²) >= 11 is 5.84. The van der Waals surface area contributed by atoms with Gasteiger partial charge in [-0.1, -0.05) is 29.8 Å². The van der Waals surface area contributed by atoms with E-state index in [4.69, 9.17) is 16.3 Å². The third kappa shape index (κ3) is 3.86. The molecule has 0 atom stereocenters. The van der Waals surface area contributed by atoms with Crippen LogP contribution in [-0.2, 0) is 22.6 Å². The summed E-state index contributed by atoms with van der Waals surface area (Å²) in [6.07, 6.45) is 1.83. The van der Waals surface area contributed by atoms with E-state index in [1.54, 1.807) is 30.5 Å². The number of pyridine rings is 1. The van der Waals surface area contributed by atoms with Crippen LogP contribution in [0.15, 0.2) is 48.7 Å². The first-order valence-electron chi connectivity index (χ1n) is 5.54. The number of aromatic nitrogens is 1. The van der Waals surface area contributed by atoms with Gasteiger partial charge in [0.15, 0.2) is 0 Å². The van der Waals surface area contributed by atoms with Gasteiger partial charge in [0, 0.05) is 11.2 Å². The first-order valence-corrected chi connectivity index (χ1v) is 5.92. The highest BCUT2D eigenvalue weighted by atomic mass is 35.5. The van der Waals surface area contributed by atoms with Crippen molar-refractivity contribution >= 4 is 17.6 Å². The Labute approximate surface area is 110 Å². The average Bonchev–Trinajstić information content (AvgIpc) is 2.38. The van der Waals surface area contributed by atoms with Crippen LogP contribution in [0.25, 0.3) is 0 Å². The molecular weight excluding hydrogens is 250 g/mol. The molecule has 1 aromatic carbocycles. The van der Waals surface area contributed by atoms with Crippen LogP contribution in [0.1, 0.15) is 11.3 Å². The van der Waals surface area contributed by atoms with E-state index in [9.17, 15) is 4.79 Å². The van der Waals surface area contributed by atoms with Crippen LogP contribution in [0.4, 0.5) is 0 Å². The Morgan fingerprint density at radius 1 is 1.22 bits per heavy atom. The van der Waals surface area contributed by atoms with E-state index in [0.29, 0.717) is 10.7 Å². The lowest BCUT2D eigenvalue weighted by Gasteiger charge is -2.05. The SMILES string of the molecule is O=C(Cc1ccccn1)OCc1cccc(Cl)c1. The fourth-order valence-corrected chi connectivity index (χ4v) is 1.71. The second-order valence-corrected chi connectivity index (χ2v) is 4.22. The molecule has 0 bridgehead atoms. The fourth-order valence-electron chi connectivity index (χ4n) is 1.49. The molecule has 0 unspecified atom stereocenters. The van der Waals surface area contributed by atoms with Crippen molar-refractivity contribution in [1.82, 2.24) is 4.98 Å². The zero-order valence-corrected chi connectivity index (χ0v) is 10.4. The van der Waals surface area contributed by atoms with E-state index in [2.05, 4.69) is 4.98 Å². The van der Waals surface area contributed by atoms with Crippen molar-refractivity contribution in [2.45, 2.75) is 13.0 Å². The molecule has 1 heterocycles. The number of hydrogen-bond donors (Lipinski definition) is 0. The molecular formula is C14H12ClNO2. The Kier molecular flexibility index (Phi) is 4.31. The van der Waals surface area contributed by atoms with Crippen LogP contribution < -0.4 is 0 Å². The predicted molar refractivity (Wildman–Crippen MR) is 69.2 cm³/mol. The van der Waals surface area contributed by atoms with Gasteiger partial charge in [0.05, 0.1) is 12.1 Å². The van der Waals surface area contributed by atoms with Crippen molar-refractivity contribution < 1.29 is 9.53 Å². The van der Waals surface area contributed by atoms with Gasteiger partial charge in [0.1, 0.15) is 6.61 Å². The quantitative estimate of drug-likeness (QED) is 0.794. The molecule has 92 valence electrons. The number of halogens is 1. The first-order chi connectivity index (χ1) is 8.74. The molecule has 0 saturated heterocycles. The zero-order valence-electron chi connectivity index (χ0n) is 9.67. The van der Waals surface area contributed by atoms with Gasteiger partial charge in [-0.15, -0.1) is 0 Å². The van der Waals surface area contributed by atoms with Gasteiger partial charge in [0.2, 0.25) is 0 Å². The van der Waals surface area contributed by atoms with Crippen molar-refractivity contribution in [2.75, 3.05) is 0 Å². The Hall–Kier alpha value is -1.87. The molecule has 4 heteroatoms. The number of carbonyl (C=O) groups is 1. The summed E-state index contributed by atoms with van der Waals surface area (Å²) in [5.41, 5.74) is 1.57. The Morgan fingerprint density at radius 3 is 2.83 bits per heavy atom. The molecule has 0 radical (unpaired) electrons. The van der Waals surface area contributed by atoms with Gasteiger partial charge in [0.25, 0.3) is 0 Å². The summed E-state index contributed by atoms with van der Waals surface area (Å²) in [4.78, 5) is 15.6. The highest BCUT2D eigenvalue weighted by Crippen LogP contribution is 2.11. The lowest BCUT2D eigenvalue weighted by molar-refractivity contribution is -0.144.